The van der Waals surface area contributed by atoms with Crippen molar-refractivity contribution < 1.29 is 19.6 Å². The average Bonchev–Trinajstić information content (AvgIpc) is 2.30. The van der Waals surface area contributed by atoms with Gasteiger partial charge < -0.3 is 9.84 Å². The molecule has 1 aromatic rings. The number of allylic oxidation sites excluding steroid dienone is 1. The number of hydrogen-bond acceptors (Lipinski definition) is 4. The molecule has 0 atom stereocenters. The van der Waals surface area contributed by atoms with Crippen LogP contribution in [0.25, 0.3) is 0 Å². The molecule has 0 aliphatic rings. The lowest BCUT2D eigenvalue weighted by Gasteiger charge is -2.09. The molecule has 0 aliphatic heterocycles. The Balaban J connectivity index is 3.23. The molecule has 0 amide bonds. The number of nitro groups is 1. The second kappa shape index (κ2) is 6.02. The fourth-order valence-corrected chi connectivity index (χ4v) is 1.49. The number of carboxylic acids is 1. The second-order valence-corrected chi connectivity index (χ2v) is 3.65. The highest BCUT2D eigenvalue weighted by atomic mass is 35.5. The summed E-state index contributed by atoms with van der Waals surface area (Å²) in [4.78, 5) is 20.9. The summed E-state index contributed by atoms with van der Waals surface area (Å²) < 4.78 is 5.18. The molecule has 18 heavy (non-hydrogen) atoms. The Morgan fingerprint density at radius 1 is 1.61 bits per heavy atom. The number of carboxylic acid groups (broad SMARTS) is 1. The summed E-state index contributed by atoms with van der Waals surface area (Å²) in [6, 6.07) is 1.97. The quantitative estimate of drug-likeness (QED) is 0.505. The van der Waals surface area contributed by atoms with Crippen molar-refractivity contribution in [2.24, 2.45) is 0 Å². The molecule has 1 aromatic carbocycles. The van der Waals surface area contributed by atoms with Crippen molar-refractivity contribution in [1.29, 1.82) is 0 Å². The molecule has 7 heteroatoms. The van der Waals surface area contributed by atoms with Gasteiger partial charge in [-0.1, -0.05) is 23.8 Å². The smallest absolute Gasteiger partial charge is 0.339 e. The van der Waals surface area contributed by atoms with Gasteiger partial charge in [-0.25, -0.2) is 4.79 Å². The standard InChI is InChI=1S/C11H10ClNO5/c1-2-3-4-18-10-8(11(14)15)5-7(13(16)17)6-9(10)12/h2-3,5-6H,4H2,1H3,(H,14,15)/b3-2+. The van der Waals surface area contributed by atoms with Crippen LogP contribution in [0.5, 0.6) is 5.75 Å². The summed E-state index contributed by atoms with van der Waals surface area (Å²) in [5.41, 5.74) is -0.727. The molecule has 6 nitrogen and oxygen atoms in total. The van der Waals surface area contributed by atoms with Crippen molar-refractivity contribution in [2.75, 3.05) is 6.61 Å². The first-order valence-electron chi connectivity index (χ1n) is 4.92. The van der Waals surface area contributed by atoms with E-state index in [2.05, 4.69) is 0 Å². The Morgan fingerprint density at radius 3 is 2.78 bits per heavy atom. The van der Waals surface area contributed by atoms with Crippen LogP contribution in [0.4, 0.5) is 5.69 Å². The number of nitro benzene ring substituents is 1. The van der Waals surface area contributed by atoms with Gasteiger partial charge in [-0.3, -0.25) is 10.1 Å². The van der Waals surface area contributed by atoms with Crippen molar-refractivity contribution in [3.05, 3.63) is 45.0 Å². The van der Waals surface area contributed by atoms with Crippen LogP contribution in [0.3, 0.4) is 0 Å². The largest absolute Gasteiger partial charge is 0.487 e. The monoisotopic (exact) mass is 271 g/mol. The van der Waals surface area contributed by atoms with E-state index in [1.165, 1.54) is 0 Å². The molecule has 0 spiro atoms. The summed E-state index contributed by atoms with van der Waals surface area (Å²) in [5, 5.41) is 19.5. The summed E-state index contributed by atoms with van der Waals surface area (Å²) in [5.74, 6) is -1.41. The van der Waals surface area contributed by atoms with E-state index in [0.717, 1.165) is 12.1 Å². The van der Waals surface area contributed by atoms with Crippen LogP contribution in [-0.2, 0) is 0 Å². The van der Waals surface area contributed by atoms with Crippen molar-refractivity contribution in [3.63, 3.8) is 0 Å². The lowest BCUT2D eigenvalue weighted by molar-refractivity contribution is -0.384. The fraction of sp³-hybridized carbons (Fsp3) is 0.182. The minimum Gasteiger partial charge on any atom is -0.487 e. The molecule has 0 unspecified atom stereocenters. The van der Waals surface area contributed by atoms with Gasteiger partial charge in [0, 0.05) is 12.1 Å². The van der Waals surface area contributed by atoms with Crippen molar-refractivity contribution >= 4 is 23.3 Å². The number of nitrogens with zero attached hydrogens (tertiary/aromatic N) is 1. The maximum absolute atomic E-state index is 11.0. The molecule has 0 saturated heterocycles. The highest BCUT2D eigenvalue weighted by molar-refractivity contribution is 6.32. The third-order valence-corrected chi connectivity index (χ3v) is 2.31. The van der Waals surface area contributed by atoms with E-state index in [1.807, 2.05) is 0 Å². The topological polar surface area (TPSA) is 89.7 Å². The van der Waals surface area contributed by atoms with Gasteiger partial charge in [0.2, 0.25) is 0 Å². The molecule has 0 saturated carbocycles. The lowest BCUT2D eigenvalue weighted by atomic mass is 10.2. The Morgan fingerprint density at radius 2 is 2.28 bits per heavy atom. The van der Waals surface area contributed by atoms with E-state index < -0.39 is 16.6 Å². The number of halogens is 1. The van der Waals surface area contributed by atoms with Crippen LogP contribution in [0.2, 0.25) is 5.02 Å². The summed E-state index contributed by atoms with van der Waals surface area (Å²) in [6.45, 7) is 1.91. The molecule has 0 bridgehead atoms. The molecular weight excluding hydrogens is 262 g/mol. The highest BCUT2D eigenvalue weighted by Gasteiger charge is 2.21. The van der Waals surface area contributed by atoms with Gasteiger partial charge in [0.15, 0.2) is 5.75 Å². The predicted molar refractivity (Wildman–Crippen MR) is 65.4 cm³/mol. The van der Waals surface area contributed by atoms with Gasteiger partial charge in [-0.05, 0) is 6.92 Å². The Kier molecular flexibility index (Phi) is 4.67. The van der Waals surface area contributed by atoms with Crippen molar-refractivity contribution in [2.45, 2.75) is 6.92 Å². The number of aromatic carboxylic acids is 1. The van der Waals surface area contributed by atoms with E-state index in [1.54, 1.807) is 19.1 Å². The maximum Gasteiger partial charge on any atom is 0.339 e. The van der Waals surface area contributed by atoms with Gasteiger partial charge in [0.25, 0.3) is 5.69 Å². The zero-order chi connectivity index (χ0) is 13.7. The molecule has 0 aliphatic carbocycles. The number of carbonyl (C=O) groups is 1. The van der Waals surface area contributed by atoms with Crippen molar-refractivity contribution in [1.82, 2.24) is 0 Å². The summed E-state index contributed by atoms with van der Waals surface area (Å²) >= 11 is 5.78. The van der Waals surface area contributed by atoms with E-state index in [9.17, 15) is 14.9 Å². The molecule has 0 aromatic heterocycles. The molecule has 0 fully saturated rings. The Bertz CT molecular complexity index is 512. The fourth-order valence-electron chi connectivity index (χ4n) is 1.22. The zero-order valence-corrected chi connectivity index (χ0v) is 10.2. The van der Waals surface area contributed by atoms with Gasteiger partial charge in [0.05, 0.1) is 9.95 Å². The van der Waals surface area contributed by atoms with E-state index in [0.29, 0.717) is 0 Å². The molecule has 0 radical (unpaired) electrons. The lowest BCUT2D eigenvalue weighted by Crippen LogP contribution is -2.05. The Hall–Kier alpha value is -2.08. The Labute approximate surface area is 108 Å². The highest BCUT2D eigenvalue weighted by Crippen LogP contribution is 2.33. The molecule has 1 rings (SSSR count). The molecule has 1 N–H and O–H groups in total. The minimum atomic E-state index is -1.34. The summed E-state index contributed by atoms with van der Waals surface area (Å²) in [6.07, 6.45) is 3.38. The number of rotatable bonds is 5. The summed E-state index contributed by atoms with van der Waals surface area (Å²) in [7, 11) is 0. The third kappa shape index (κ3) is 3.21. The second-order valence-electron chi connectivity index (χ2n) is 3.25. The number of ether oxygens (including phenoxy) is 1. The van der Waals surface area contributed by atoms with Crippen LogP contribution in [-0.4, -0.2) is 22.6 Å². The van der Waals surface area contributed by atoms with Crippen LogP contribution in [0, 0.1) is 10.1 Å². The zero-order valence-electron chi connectivity index (χ0n) is 9.42. The van der Waals surface area contributed by atoms with E-state index >= 15 is 0 Å². The SMILES string of the molecule is C/C=C/COc1c(Cl)cc([N+](=O)[O-])cc1C(=O)O. The molecule has 96 valence electrons. The number of non-ortho nitro benzene ring substituents is 1. The van der Waals surface area contributed by atoms with E-state index in [-0.39, 0.29) is 22.9 Å². The van der Waals surface area contributed by atoms with Crippen LogP contribution >= 0.6 is 11.6 Å². The first-order valence-corrected chi connectivity index (χ1v) is 5.30. The first-order chi connectivity index (χ1) is 8.47. The minimum absolute atomic E-state index is 0.0760. The van der Waals surface area contributed by atoms with Gasteiger partial charge in [-0.15, -0.1) is 0 Å². The number of benzene rings is 1. The number of hydrogen-bond donors (Lipinski definition) is 1. The molecular formula is C11H10ClNO5. The molecule has 0 heterocycles. The maximum atomic E-state index is 11.0. The first kappa shape index (κ1) is 14.0. The average molecular weight is 272 g/mol. The van der Waals surface area contributed by atoms with Crippen molar-refractivity contribution in [3.8, 4) is 5.75 Å². The van der Waals surface area contributed by atoms with Crippen LogP contribution in [0.15, 0.2) is 24.3 Å². The van der Waals surface area contributed by atoms with Crippen LogP contribution < -0.4 is 4.74 Å². The van der Waals surface area contributed by atoms with Gasteiger partial charge >= 0.3 is 5.97 Å². The van der Waals surface area contributed by atoms with Crippen LogP contribution in [0.1, 0.15) is 17.3 Å². The third-order valence-electron chi connectivity index (χ3n) is 2.03. The van der Waals surface area contributed by atoms with Gasteiger partial charge in [0.1, 0.15) is 12.2 Å². The van der Waals surface area contributed by atoms with Gasteiger partial charge in [-0.2, -0.15) is 0 Å². The van der Waals surface area contributed by atoms with E-state index in [4.69, 9.17) is 21.4 Å². The predicted octanol–water partition coefficient (Wildman–Crippen LogP) is 2.90. The normalized spacial score (nSPS) is 10.6.